The van der Waals surface area contributed by atoms with Crippen molar-refractivity contribution in [2.75, 3.05) is 13.2 Å². The molecule has 1 aliphatic rings. The number of ether oxygens (including phenoxy) is 1. The van der Waals surface area contributed by atoms with Gasteiger partial charge in [0.2, 0.25) is 0 Å². The fraction of sp³-hybridized carbons (Fsp3) is 0.500. The average molecular weight is 263 g/mol. The third-order valence-electron chi connectivity index (χ3n) is 3.23. The molecule has 1 heterocycles. The molecule has 6 heteroatoms. The molecule has 1 aliphatic heterocycles. The predicted molar refractivity (Wildman–Crippen MR) is 57.3 cm³/mol. The zero-order valence-electron chi connectivity index (χ0n) is 9.56. The van der Waals surface area contributed by atoms with Gasteiger partial charge in [0.25, 0.3) is 0 Å². The van der Waals surface area contributed by atoms with Crippen molar-refractivity contribution in [3.05, 3.63) is 35.1 Å². The molecule has 1 aromatic rings. The van der Waals surface area contributed by atoms with E-state index in [2.05, 4.69) is 0 Å². The Labute approximate surface area is 102 Å². The summed E-state index contributed by atoms with van der Waals surface area (Å²) in [5.74, 6) is -1.28. The number of hydrogen-bond donors (Lipinski definition) is 1. The molecular weight excluding hydrogens is 250 g/mol. The lowest BCUT2D eigenvalue weighted by Gasteiger charge is -2.34. The number of alkyl halides is 3. The van der Waals surface area contributed by atoms with Gasteiger partial charge < -0.3 is 10.5 Å². The van der Waals surface area contributed by atoms with E-state index < -0.39 is 23.1 Å². The minimum absolute atomic E-state index is 0.305. The van der Waals surface area contributed by atoms with E-state index in [1.54, 1.807) is 0 Å². The van der Waals surface area contributed by atoms with Crippen molar-refractivity contribution in [3.8, 4) is 0 Å². The van der Waals surface area contributed by atoms with Crippen LogP contribution in [0.1, 0.15) is 24.0 Å². The SMILES string of the molecule is NC1(c2ccc(F)c(C(F)(F)F)c2)CCOCC1. The van der Waals surface area contributed by atoms with Gasteiger partial charge in [-0.05, 0) is 30.5 Å². The summed E-state index contributed by atoms with van der Waals surface area (Å²) in [5, 5.41) is 0. The second-order valence-corrected chi connectivity index (χ2v) is 4.46. The van der Waals surface area contributed by atoms with Crippen LogP contribution in [0.5, 0.6) is 0 Å². The van der Waals surface area contributed by atoms with Gasteiger partial charge in [0, 0.05) is 18.8 Å². The first-order valence-electron chi connectivity index (χ1n) is 5.57. The second-order valence-electron chi connectivity index (χ2n) is 4.46. The Hall–Kier alpha value is -1.14. The molecule has 0 aliphatic carbocycles. The molecule has 2 N–H and O–H groups in total. The molecule has 0 amide bonds. The molecule has 0 atom stereocenters. The summed E-state index contributed by atoms with van der Waals surface area (Å²) in [7, 11) is 0. The maximum atomic E-state index is 13.2. The highest BCUT2D eigenvalue weighted by Gasteiger charge is 2.37. The lowest BCUT2D eigenvalue weighted by atomic mass is 9.83. The molecular formula is C12H13F4NO. The molecule has 1 fully saturated rings. The summed E-state index contributed by atoms with van der Waals surface area (Å²) in [5.41, 5.74) is 4.24. The molecule has 0 spiro atoms. The fourth-order valence-corrected chi connectivity index (χ4v) is 2.08. The molecule has 100 valence electrons. The van der Waals surface area contributed by atoms with Crippen molar-refractivity contribution in [1.29, 1.82) is 0 Å². The van der Waals surface area contributed by atoms with Crippen molar-refractivity contribution in [3.63, 3.8) is 0 Å². The maximum absolute atomic E-state index is 13.2. The average Bonchev–Trinajstić information content (AvgIpc) is 2.28. The lowest BCUT2D eigenvalue weighted by Crippen LogP contribution is -2.42. The summed E-state index contributed by atoms with van der Waals surface area (Å²) >= 11 is 0. The van der Waals surface area contributed by atoms with Crippen LogP contribution < -0.4 is 5.73 Å². The zero-order chi connectivity index (χ0) is 13.4. The van der Waals surface area contributed by atoms with Gasteiger partial charge in [-0.15, -0.1) is 0 Å². The number of rotatable bonds is 1. The van der Waals surface area contributed by atoms with E-state index in [1.807, 2.05) is 0 Å². The van der Waals surface area contributed by atoms with Crippen molar-refractivity contribution in [2.24, 2.45) is 5.73 Å². The van der Waals surface area contributed by atoms with Crippen LogP contribution in [0, 0.1) is 5.82 Å². The van der Waals surface area contributed by atoms with Gasteiger partial charge in [-0.3, -0.25) is 0 Å². The number of hydrogen-bond acceptors (Lipinski definition) is 2. The molecule has 0 aromatic heterocycles. The van der Waals surface area contributed by atoms with Crippen molar-refractivity contribution >= 4 is 0 Å². The Morgan fingerprint density at radius 3 is 2.33 bits per heavy atom. The minimum atomic E-state index is -4.71. The van der Waals surface area contributed by atoms with Crippen LogP contribution in [0.25, 0.3) is 0 Å². The topological polar surface area (TPSA) is 35.2 Å². The summed E-state index contributed by atoms with van der Waals surface area (Å²) in [6.45, 7) is 0.796. The Balaban J connectivity index is 2.40. The molecule has 0 radical (unpaired) electrons. The highest BCUT2D eigenvalue weighted by molar-refractivity contribution is 5.32. The van der Waals surface area contributed by atoms with E-state index in [-0.39, 0.29) is 0 Å². The quantitative estimate of drug-likeness (QED) is 0.791. The summed E-state index contributed by atoms with van der Waals surface area (Å²) in [6.07, 6.45) is -3.85. The van der Waals surface area contributed by atoms with Crippen molar-refractivity contribution in [2.45, 2.75) is 24.6 Å². The van der Waals surface area contributed by atoms with E-state index in [1.165, 1.54) is 6.07 Å². The van der Waals surface area contributed by atoms with E-state index in [0.29, 0.717) is 31.6 Å². The van der Waals surface area contributed by atoms with E-state index in [9.17, 15) is 17.6 Å². The third kappa shape index (κ3) is 2.49. The van der Waals surface area contributed by atoms with Crippen LogP contribution in [-0.4, -0.2) is 13.2 Å². The van der Waals surface area contributed by atoms with Gasteiger partial charge >= 0.3 is 6.18 Å². The molecule has 2 nitrogen and oxygen atoms in total. The molecule has 1 aromatic carbocycles. The maximum Gasteiger partial charge on any atom is 0.419 e. The molecule has 1 saturated heterocycles. The van der Waals surface area contributed by atoms with E-state index >= 15 is 0 Å². The van der Waals surface area contributed by atoms with Gasteiger partial charge in [-0.1, -0.05) is 6.07 Å². The van der Waals surface area contributed by atoms with E-state index in [4.69, 9.17) is 10.5 Å². The smallest absolute Gasteiger partial charge is 0.381 e. The monoisotopic (exact) mass is 263 g/mol. The third-order valence-corrected chi connectivity index (χ3v) is 3.23. The van der Waals surface area contributed by atoms with Crippen molar-refractivity contribution < 1.29 is 22.3 Å². The van der Waals surface area contributed by atoms with Gasteiger partial charge in [-0.25, -0.2) is 4.39 Å². The van der Waals surface area contributed by atoms with Gasteiger partial charge in [0.05, 0.1) is 5.56 Å². The summed E-state index contributed by atoms with van der Waals surface area (Å²) < 4.78 is 56.1. The van der Waals surface area contributed by atoms with Crippen molar-refractivity contribution in [1.82, 2.24) is 0 Å². The van der Waals surface area contributed by atoms with Crippen LogP contribution in [0.15, 0.2) is 18.2 Å². The largest absolute Gasteiger partial charge is 0.419 e. The fourth-order valence-electron chi connectivity index (χ4n) is 2.08. The molecule has 18 heavy (non-hydrogen) atoms. The lowest BCUT2D eigenvalue weighted by molar-refractivity contribution is -0.140. The first-order valence-corrected chi connectivity index (χ1v) is 5.57. The molecule has 0 unspecified atom stereocenters. The first kappa shape index (κ1) is 13.3. The Morgan fingerprint density at radius 2 is 1.78 bits per heavy atom. The van der Waals surface area contributed by atoms with Crippen LogP contribution in [-0.2, 0) is 16.5 Å². The standard InChI is InChI=1S/C12H13F4NO/c13-10-2-1-8(7-9(10)12(14,15)16)11(17)3-5-18-6-4-11/h1-2,7H,3-6,17H2. The zero-order valence-corrected chi connectivity index (χ0v) is 9.56. The molecule has 0 saturated carbocycles. The molecule has 2 rings (SSSR count). The van der Waals surface area contributed by atoms with E-state index in [0.717, 1.165) is 12.1 Å². The Morgan fingerprint density at radius 1 is 1.17 bits per heavy atom. The van der Waals surface area contributed by atoms with Crippen LogP contribution >= 0.6 is 0 Å². The summed E-state index contributed by atoms with van der Waals surface area (Å²) in [4.78, 5) is 0. The highest BCUT2D eigenvalue weighted by Crippen LogP contribution is 2.36. The van der Waals surface area contributed by atoms with Gasteiger partial charge in [0.15, 0.2) is 0 Å². The Kier molecular flexibility index (Phi) is 3.33. The normalized spacial score (nSPS) is 19.8. The minimum Gasteiger partial charge on any atom is -0.381 e. The predicted octanol–water partition coefficient (Wildman–Crippen LogP) is 2.81. The highest BCUT2D eigenvalue weighted by atomic mass is 19.4. The number of nitrogens with two attached hydrogens (primary N) is 1. The van der Waals surface area contributed by atoms with Crippen LogP contribution in [0.4, 0.5) is 17.6 Å². The Bertz CT molecular complexity index is 438. The van der Waals surface area contributed by atoms with Gasteiger partial charge in [-0.2, -0.15) is 13.2 Å². The van der Waals surface area contributed by atoms with Crippen LogP contribution in [0.2, 0.25) is 0 Å². The number of benzene rings is 1. The van der Waals surface area contributed by atoms with Gasteiger partial charge in [0.1, 0.15) is 5.82 Å². The summed E-state index contributed by atoms with van der Waals surface area (Å²) in [6, 6.07) is 2.94. The molecule has 0 bridgehead atoms. The first-order chi connectivity index (χ1) is 8.33. The van der Waals surface area contributed by atoms with Crippen LogP contribution in [0.3, 0.4) is 0 Å². The number of halogens is 4. The second kappa shape index (κ2) is 4.51.